The second-order valence-electron chi connectivity index (χ2n) is 7.85. The van der Waals surface area contributed by atoms with Crippen molar-refractivity contribution in [3.05, 3.63) is 65.5 Å². The lowest BCUT2D eigenvalue weighted by atomic mass is 9.86. The van der Waals surface area contributed by atoms with Crippen LogP contribution in [-0.2, 0) is 16.9 Å². The van der Waals surface area contributed by atoms with Gasteiger partial charge < -0.3 is 15.2 Å². The van der Waals surface area contributed by atoms with Gasteiger partial charge >= 0.3 is 6.09 Å². The monoisotopic (exact) mass is 357 g/mol. The van der Waals surface area contributed by atoms with Crippen LogP contribution in [0, 0.1) is 17.2 Å². The van der Waals surface area contributed by atoms with Crippen molar-refractivity contribution in [1.82, 2.24) is 0 Å². The van der Waals surface area contributed by atoms with Crippen LogP contribution in [0.4, 0.5) is 9.18 Å². The number of carbonyl (C=O) groups excluding carboxylic acids is 1. The van der Waals surface area contributed by atoms with E-state index in [1.54, 1.807) is 6.07 Å². The number of halogens is 1. The van der Waals surface area contributed by atoms with Gasteiger partial charge in [0.25, 0.3) is 0 Å². The smallest absolute Gasteiger partial charge is 0.405 e. The first kappa shape index (κ1) is 18.2. The van der Waals surface area contributed by atoms with Crippen molar-refractivity contribution in [1.29, 1.82) is 0 Å². The van der Waals surface area contributed by atoms with Gasteiger partial charge in [-0.05, 0) is 35.6 Å². The Morgan fingerprint density at radius 3 is 2.50 bits per heavy atom. The van der Waals surface area contributed by atoms with E-state index in [0.29, 0.717) is 24.3 Å². The number of amides is 1. The highest BCUT2D eigenvalue weighted by Crippen LogP contribution is 2.64. The number of nitrogens with two attached hydrogens (primary N) is 1. The Balaban J connectivity index is 1.94. The Bertz CT molecular complexity index is 801. The van der Waals surface area contributed by atoms with Crippen LogP contribution in [0.5, 0.6) is 5.75 Å². The third-order valence-corrected chi connectivity index (χ3v) is 4.87. The molecule has 0 saturated heterocycles. The SMILES string of the molecule is CC(C)(C)C1CC1(OC(N)=O)c1cc(F)ccc1OCc1ccccc1. The van der Waals surface area contributed by atoms with Crippen molar-refractivity contribution in [2.75, 3.05) is 0 Å². The lowest BCUT2D eigenvalue weighted by molar-refractivity contribution is 0.0595. The fourth-order valence-electron chi connectivity index (χ4n) is 3.59. The average molecular weight is 357 g/mol. The normalized spacial score (nSPS) is 21.9. The lowest BCUT2D eigenvalue weighted by Gasteiger charge is -2.26. The van der Waals surface area contributed by atoms with E-state index in [2.05, 4.69) is 20.8 Å². The summed E-state index contributed by atoms with van der Waals surface area (Å²) >= 11 is 0. The van der Waals surface area contributed by atoms with Gasteiger partial charge in [-0.3, -0.25) is 0 Å². The first-order valence-electron chi connectivity index (χ1n) is 8.67. The third kappa shape index (κ3) is 3.66. The average Bonchev–Trinajstić information content (AvgIpc) is 3.29. The van der Waals surface area contributed by atoms with E-state index in [4.69, 9.17) is 15.2 Å². The van der Waals surface area contributed by atoms with E-state index in [0.717, 1.165) is 5.56 Å². The molecule has 0 radical (unpaired) electrons. The summed E-state index contributed by atoms with van der Waals surface area (Å²) < 4.78 is 25.5. The summed E-state index contributed by atoms with van der Waals surface area (Å²) in [7, 11) is 0. The van der Waals surface area contributed by atoms with Crippen molar-refractivity contribution in [3.63, 3.8) is 0 Å². The molecule has 2 unspecified atom stereocenters. The van der Waals surface area contributed by atoms with Gasteiger partial charge in [0.2, 0.25) is 0 Å². The van der Waals surface area contributed by atoms with E-state index in [1.165, 1.54) is 12.1 Å². The van der Waals surface area contributed by atoms with Crippen LogP contribution in [-0.4, -0.2) is 6.09 Å². The summed E-state index contributed by atoms with van der Waals surface area (Å²) in [5.74, 6) is 0.130. The molecule has 1 aliphatic carbocycles. The highest BCUT2D eigenvalue weighted by molar-refractivity contribution is 5.66. The van der Waals surface area contributed by atoms with Crippen LogP contribution in [0.1, 0.15) is 38.3 Å². The van der Waals surface area contributed by atoms with Crippen LogP contribution in [0.2, 0.25) is 0 Å². The van der Waals surface area contributed by atoms with Crippen LogP contribution in [0.25, 0.3) is 0 Å². The summed E-state index contributed by atoms with van der Waals surface area (Å²) in [6.07, 6.45) is -0.278. The summed E-state index contributed by atoms with van der Waals surface area (Å²) in [6, 6.07) is 14.0. The molecule has 0 spiro atoms. The molecular weight excluding hydrogens is 333 g/mol. The molecule has 1 fully saturated rings. The van der Waals surface area contributed by atoms with Crippen LogP contribution in [0.15, 0.2) is 48.5 Å². The van der Waals surface area contributed by atoms with Gasteiger partial charge in [-0.15, -0.1) is 0 Å². The maximum Gasteiger partial charge on any atom is 0.405 e. The first-order valence-corrected chi connectivity index (χ1v) is 8.67. The molecule has 0 heterocycles. The molecule has 1 saturated carbocycles. The van der Waals surface area contributed by atoms with E-state index in [1.807, 2.05) is 30.3 Å². The Morgan fingerprint density at radius 1 is 1.23 bits per heavy atom. The summed E-state index contributed by atoms with van der Waals surface area (Å²) in [5, 5.41) is 0. The second-order valence-corrected chi connectivity index (χ2v) is 7.85. The minimum Gasteiger partial charge on any atom is -0.488 e. The first-order chi connectivity index (χ1) is 12.2. The van der Waals surface area contributed by atoms with E-state index in [-0.39, 0.29) is 11.3 Å². The van der Waals surface area contributed by atoms with Crippen molar-refractivity contribution < 1.29 is 18.7 Å². The van der Waals surface area contributed by atoms with E-state index in [9.17, 15) is 9.18 Å². The number of carbonyl (C=O) groups is 1. The maximum atomic E-state index is 14.0. The number of rotatable bonds is 5. The predicted molar refractivity (Wildman–Crippen MR) is 97.1 cm³/mol. The predicted octanol–water partition coefficient (Wildman–Crippen LogP) is 4.76. The third-order valence-electron chi connectivity index (χ3n) is 4.87. The molecule has 138 valence electrons. The van der Waals surface area contributed by atoms with Crippen molar-refractivity contribution in [2.24, 2.45) is 17.1 Å². The van der Waals surface area contributed by atoms with Gasteiger partial charge in [0.05, 0.1) is 0 Å². The van der Waals surface area contributed by atoms with Gasteiger partial charge in [0, 0.05) is 11.5 Å². The maximum absolute atomic E-state index is 14.0. The number of benzene rings is 2. The van der Waals surface area contributed by atoms with Crippen molar-refractivity contribution in [2.45, 2.75) is 39.4 Å². The molecule has 0 aliphatic heterocycles. The molecule has 1 amide bonds. The molecule has 0 bridgehead atoms. The Kier molecular flexibility index (Phi) is 4.65. The molecular formula is C21H24FNO3. The highest BCUT2D eigenvalue weighted by Gasteiger charge is 2.64. The van der Waals surface area contributed by atoms with Gasteiger partial charge in [-0.2, -0.15) is 0 Å². The Hall–Kier alpha value is -2.56. The van der Waals surface area contributed by atoms with Gasteiger partial charge in [0.1, 0.15) is 23.8 Å². The molecule has 4 nitrogen and oxygen atoms in total. The van der Waals surface area contributed by atoms with Crippen molar-refractivity contribution >= 4 is 6.09 Å². The van der Waals surface area contributed by atoms with Crippen LogP contribution >= 0.6 is 0 Å². The van der Waals surface area contributed by atoms with Gasteiger partial charge in [-0.1, -0.05) is 51.1 Å². The van der Waals surface area contributed by atoms with Crippen LogP contribution in [0.3, 0.4) is 0 Å². The topological polar surface area (TPSA) is 61.5 Å². The molecule has 2 N–H and O–H groups in total. The number of ether oxygens (including phenoxy) is 2. The number of hydrogen-bond donors (Lipinski definition) is 1. The zero-order valence-electron chi connectivity index (χ0n) is 15.3. The van der Waals surface area contributed by atoms with Crippen molar-refractivity contribution in [3.8, 4) is 5.75 Å². The van der Waals surface area contributed by atoms with E-state index >= 15 is 0 Å². The molecule has 5 heteroatoms. The largest absolute Gasteiger partial charge is 0.488 e. The minimum absolute atomic E-state index is 0.0309. The summed E-state index contributed by atoms with van der Waals surface area (Å²) in [4.78, 5) is 11.5. The molecule has 3 rings (SSSR count). The number of hydrogen-bond acceptors (Lipinski definition) is 3. The summed E-state index contributed by atoms with van der Waals surface area (Å²) in [5.41, 5.74) is 5.78. The molecule has 26 heavy (non-hydrogen) atoms. The van der Waals surface area contributed by atoms with Gasteiger partial charge in [0.15, 0.2) is 0 Å². The Morgan fingerprint density at radius 2 is 1.92 bits per heavy atom. The zero-order chi connectivity index (χ0) is 18.9. The fraction of sp³-hybridized carbons (Fsp3) is 0.381. The fourth-order valence-corrected chi connectivity index (χ4v) is 3.59. The Labute approximate surface area is 153 Å². The van der Waals surface area contributed by atoms with Gasteiger partial charge in [-0.25, -0.2) is 9.18 Å². The molecule has 2 atom stereocenters. The summed E-state index contributed by atoms with van der Waals surface area (Å²) in [6.45, 7) is 6.53. The minimum atomic E-state index is -0.946. The number of primary amides is 1. The quantitative estimate of drug-likeness (QED) is 0.839. The lowest BCUT2D eigenvalue weighted by Crippen LogP contribution is -2.28. The highest BCUT2D eigenvalue weighted by atomic mass is 19.1. The second kappa shape index (κ2) is 6.63. The molecule has 2 aromatic carbocycles. The molecule has 2 aromatic rings. The molecule has 0 aromatic heterocycles. The standard InChI is InChI=1S/C21H24FNO3/c1-20(2,3)18-12-21(18,26-19(23)24)16-11-15(22)9-10-17(16)25-13-14-7-5-4-6-8-14/h4-11,18H,12-13H2,1-3H3,(H2,23,24). The van der Waals surface area contributed by atoms with E-state index < -0.39 is 17.5 Å². The van der Waals surface area contributed by atoms with Crippen LogP contribution < -0.4 is 10.5 Å². The zero-order valence-corrected chi connectivity index (χ0v) is 15.3. The molecule has 1 aliphatic rings.